The number of thiol groups is 1. The van der Waals surface area contributed by atoms with E-state index < -0.39 is 6.46 Å². The molecule has 0 spiro atoms. The highest BCUT2D eigenvalue weighted by molar-refractivity contribution is 9.62. The lowest BCUT2D eigenvalue weighted by Gasteiger charge is -2.06. The van der Waals surface area contributed by atoms with Crippen LogP contribution in [0, 0.1) is 0 Å². The zero-order chi connectivity index (χ0) is 36.3. The Morgan fingerprint density at radius 1 is 0.320 bits per heavy atom. The van der Waals surface area contributed by atoms with Gasteiger partial charge in [-0.25, -0.2) is 0 Å². The Morgan fingerprint density at radius 3 is 0.640 bits per heavy atom. The van der Waals surface area contributed by atoms with Crippen LogP contribution in [0.1, 0.15) is 6.92 Å². The second kappa shape index (κ2) is 59.5. The topological polar surface area (TPSA) is 9.23 Å². The van der Waals surface area contributed by atoms with Crippen LogP contribution in [0.5, 0.6) is 0 Å². The van der Waals surface area contributed by atoms with Crippen molar-refractivity contribution in [3.8, 4) is 0 Å². The van der Waals surface area contributed by atoms with Gasteiger partial charge >= 0.3 is 0 Å². The highest BCUT2D eigenvalue weighted by Gasteiger charge is 2.06. The van der Waals surface area contributed by atoms with Crippen LogP contribution in [0.2, 0.25) is 0 Å². The Hall–Kier alpha value is 16.1. The van der Waals surface area contributed by atoms with Gasteiger partial charge in [-0.05, 0) is 108 Å². The van der Waals surface area contributed by atoms with Gasteiger partial charge < -0.3 is 4.18 Å². The van der Waals surface area contributed by atoms with Gasteiger partial charge in [-0.2, -0.15) is 0 Å². The molecule has 0 heterocycles. The van der Waals surface area contributed by atoms with E-state index in [0.29, 0.717) is 6.61 Å². The van der Waals surface area contributed by atoms with Crippen LogP contribution in [-0.2, 0) is 33.0 Å². The summed E-state index contributed by atoms with van der Waals surface area (Å²) in [6.45, 7) is 0.698. The van der Waals surface area contributed by atoms with Crippen molar-refractivity contribution >= 4 is 463 Å². The average molecular weight is 1550 g/mol. The van der Waals surface area contributed by atoms with E-state index in [1.54, 1.807) is 138 Å². The molecule has 0 amide bonds. The summed E-state index contributed by atoms with van der Waals surface area (Å²) in [5.41, 5.74) is 0. The summed E-state index contributed by atoms with van der Waals surface area (Å²) in [6, 6.07) is 0. The summed E-state index contributed by atoms with van der Waals surface area (Å²) in [7, 11) is 76.6. The fourth-order valence-electron chi connectivity index (χ4n) is 0.664. The van der Waals surface area contributed by atoms with Gasteiger partial charge in [-0.1, -0.05) is 11.7 Å². The maximum atomic E-state index is 5.40. The molecular weight excluding hydrogens is 1550 g/mol. The molecule has 0 aliphatic heterocycles. The van der Waals surface area contributed by atoms with Crippen molar-refractivity contribution in [2.24, 2.45) is 0 Å². The average Bonchev–Trinajstić information content (AvgIpc) is 3.10. The highest BCUT2D eigenvalue weighted by Crippen LogP contribution is 2.68. The standard InChI is InChI=1S/C2H6OS47/c1-2-3-50(5,6)49-48-47-46-45-44-43-42-41-40-39-38-37-36-35-34-33-32-31-30-29-28-27-26-25-24-23-22-21-20-19-18-17-16-15-14-13-12-11-10-9-8-7-4/h4H,2H2,1H3. The molecule has 0 aromatic heterocycles. The summed E-state index contributed by atoms with van der Waals surface area (Å²) in [4.78, 5) is 0. The van der Waals surface area contributed by atoms with E-state index in [0.717, 1.165) is 0 Å². The van der Waals surface area contributed by atoms with Gasteiger partial charge in [0.15, 0.2) is 0 Å². The fourth-order valence-corrected chi connectivity index (χ4v) is 122. The predicted molar refractivity (Wildman–Crippen MR) is 369 cm³/mol. The fraction of sp³-hybridized carbons (Fsp3) is 1.00. The largest absolute Gasteiger partial charge is 0.302 e. The summed E-state index contributed by atoms with van der Waals surface area (Å²) in [5.74, 6) is 0. The van der Waals surface area contributed by atoms with Crippen molar-refractivity contribution < 1.29 is 4.18 Å². The quantitative estimate of drug-likeness (QED) is 0.0352. The Bertz CT molecular complexity index is 702. The Balaban J connectivity index is 3.08. The molecule has 0 saturated heterocycles. The molecule has 0 aliphatic rings. The molecule has 0 aliphatic carbocycles. The Labute approximate surface area is 468 Å². The first-order valence-electron chi connectivity index (χ1n) is 8.85. The molecular formula is C2H6OS47. The summed E-state index contributed by atoms with van der Waals surface area (Å²) >= 11 is 14.6. The monoisotopic (exact) mass is 1550 g/mol. The molecule has 0 unspecified atom stereocenters. The van der Waals surface area contributed by atoms with E-state index in [1.165, 1.54) is 19.7 Å². The van der Waals surface area contributed by atoms with Crippen LogP contribution in [-0.4, -0.2) is 6.61 Å². The predicted octanol–water partition coefficient (Wildman–Crippen LogP) is 28.7. The molecule has 0 radical (unpaired) electrons. The lowest BCUT2D eigenvalue weighted by atomic mass is 10.9. The van der Waals surface area contributed by atoms with Crippen LogP contribution < -0.4 is 0 Å². The van der Waals surface area contributed by atoms with E-state index in [-0.39, 0.29) is 0 Å². The van der Waals surface area contributed by atoms with Gasteiger partial charge in [-0.3, -0.25) is 0 Å². The molecule has 0 N–H and O–H groups in total. The zero-order valence-corrected chi connectivity index (χ0v) is 59.8. The van der Waals surface area contributed by atoms with E-state index in [1.807, 2.05) is 272 Å². The van der Waals surface area contributed by atoms with Crippen LogP contribution in [0.4, 0.5) is 0 Å². The van der Waals surface area contributed by atoms with Gasteiger partial charge in [0.2, 0.25) is 0 Å². The molecule has 0 aromatic rings. The third kappa shape index (κ3) is 60.3. The van der Waals surface area contributed by atoms with E-state index in [4.69, 9.17) is 26.6 Å². The molecule has 48 heteroatoms. The second-order valence-corrected chi connectivity index (χ2v) is 87.2. The molecule has 0 atom stereocenters. The minimum Gasteiger partial charge on any atom is -0.302 e. The zero-order valence-electron chi connectivity index (χ0n) is 21.3. The van der Waals surface area contributed by atoms with Gasteiger partial charge in [0.05, 0.1) is 13.1 Å². The second-order valence-electron chi connectivity index (χ2n) is 3.75. The molecule has 1 nitrogen and oxygen atoms in total. The number of hydrogen-bond donors (Lipinski definition) is 1. The minimum absolute atomic E-state index is 0.581. The van der Waals surface area contributed by atoms with Crippen LogP contribution >= 0.6 is 434 Å². The Morgan fingerprint density at radius 2 is 0.480 bits per heavy atom. The van der Waals surface area contributed by atoms with Crippen molar-refractivity contribution in [1.29, 1.82) is 0 Å². The summed E-state index contributed by atoms with van der Waals surface area (Å²) < 4.78 is 5.40. The lowest BCUT2D eigenvalue weighted by molar-refractivity contribution is 0.402. The van der Waals surface area contributed by atoms with Crippen molar-refractivity contribution in [1.82, 2.24) is 0 Å². The third-order valence-corrected chi connectivity index (χ3v) is 102. The SMILES string of the molecule is CCOS(=S)(=S)SSSSSSSSSSSSSSSSSSSSSSSSSSSSSSSSSSSSSSSSSSSS. The van der Waals surface area contributed by atoms with Crippen molar-refractivity contribution in [3.63, 3.8) is 0 Å². The normalized spacial score (nSPS) is 12.0. The molecule has 302 valence electrons. The van der Waals surface area contributed by atoms with Crippen molar-refractivity contribution in [2.75, 3.05) is 6.61 Å². The van der Waals surface area contributed by atoms with Crippen LogP contribution in [0.15, 0.2) is 0 Å². The van der Waals surface area contributed by atoms with Crippen LogP contribution in [0.25, 0.3) is 0 Å². The lowest BCUT2D eigenvalue weighted by Crippen LogP contribution is -1.93. The van der Waals surface area contributed by atoms with Crippen molar-refractivity contribution in [3.05, 3.63) is 0 Å². The molecule has 0 fully saturated rings. The van der Waals surface area contributed by atoms with Gasteiger partial charge in [-0.15, -0.1) is 0 Å². The van der Waals surface area contributed by atoms with E-state index >= 15 is 0 Å². The smallest absolute Gasteiger partial charge is 0.0820 e. The summed E-state index contributed by atoms with van der Waals surface area (Å²) in [6.07, 6.45) is 0. The first-order chi connectivity index (χ1) is 24.6. The van der Waals surface area contributed by atoms with Gasteiger partial charge in [0.1, 0.15) is 0 Å². The van der Waals surface area contributed by atoms with E-state index in [2.05, 4.69) is 11.7 Å². The molecule has 0 saturated carbocycles. The summed E-state index contributed by atoms with van der Waals surface area (Å²) in [5, 5.41) is 0. The maximum absolute atomic E-state index is 5.40. The first-order valence-corrected chi connectivity index (χ1v) is 70.6. The Kier molecular flexibility index (Phi) is 78.7. The highest BCUT2D eigenvalue weighted by atomic mass is 34.1. The first kappa shape index (κ1) is 66.1. The molecule has 0 bridgehead atoms. The third-order valence-electron chi connectivity index (χ3n) is 1.51. The molecule has 0 aromatic carbocycles. The molecule has 0 rings (SSSR count). The maximum Gasteiger partial charge on any atom is 0.0820 e. The van der Waals surface area contributed by atoms with Gasteiger partial charge in [0, 0.05) is 344 Å². The van der Waals surface area contributed by atoms with Crippen molar-refractivity contribution in [2.45, 2.75) is 6.92 Å². The van der Waals surface area contributed by atoms with Gasteiger partial charge in [0.25, 0.3) is 0 Å². The minimum atomic E-state index is -1.81. The van der Waals surface area contributed by atoms with Crippen LogP contribution in [0.3, 0.4) is 0 Å². The number of rotatable bonds is 45. The number of hydrogen-bond acceptors (Lipinski definition) is 47. The molecule has 50 heavy (non-hydrogen) atoms. The van der Waals surface area contributed by atoms with E-state index in [9.17, 15) is 0 Å².